The molecule has 4 amide bonds. The second-order valence-electron chi connectivity index (χ2n) is 16.2. The van der Waals surface area contributed by atoms with Crippen LogP contribution < -0.4 is 20.4 Å². The molecular formula is C47H52BN5O7. The van der Waals surface area contributed by atoms with Crippen LogP contribution in [0.1, 0.15) is 76.4 Å². The maximum absolute atomic E-state index is 13.3. The number of benzene rings is 4. The van der Waals surface area contributed by atoms with E-state index in [1.54, 1.807) is 24.3 Å². The van der Waals surface area contributed by atoms with Gasteiger partial charge in [0.25, 0.3) is 11.8 Å². The van der Waals surface area contributed by atoms with E-state index in [-0.39, 0.29) is 18.7 Å². The van der Waals surface area contributed by atoms with Crippen LogP contribution in [0, 0.1) is 5.92 Å². The first kappa shape index (κ1) is 41.2. The molecule has 0 aliphatic carbocycles. The molecule has 0 bridgehead atoms. The molecule has 8 rings (SSSR count). The summed E-state index contributed by atoms with van der Waals surface area (Å²) in [4.78, 5) is 58.8. The zero-order valence-electron chi connectivity index (χ0n) is 34.1. The van der Waals surface area contributed by atoms with Crippen molar-refractivity contribution in [2.24, 2.45) is 5.92 Å². The van der Waals surface area contributed by atoms with E-state index in [4.69, 9.17) is 4.74 Å². The Hall–Kier alpha value is -5.60. The maximum Gasteiger partial charge on any atom is 0.488 e. The zero-order chi connectivity index (χ0) is 41.8. The normalized spacial score (nSPS) is 19.6. The van der Waals surface area contributed by atoms with E-state index < -0.39 is 30.9 Å². The number of anilines is 1. The molecule has 0 saturated carbocycles. The summed E-state index contributed by atoms with van der Waals surface area (Å²) in [5.74, 6) is -0.476. The predicted molar refractivity (Wildman–Crippen MR) is 232 cm³/mol. The Morgan fingerprint density at radius 1 is 0.733 bits per heavy atom. The van der Waals surface area contributed by atoms with E-state index in [0.717, 1.165) is 110 Å². The molecule has 4 aromatic rings. The van der Waals surface area contributed by atoms with Crippen molar-refractivity contribution in [1.82, 2.24) is 20.0 Å². The van der Waals surface area contributed by atoms with E-state index in [1.165, 1.54) is 5.57 Å². The highest BCUT2D eigenvalue weighted by Crippen LogP contribution is 2.35. The number of rotatable bonds is 13. The van der Waals surface area contributed by atoms with Gasteiger partial charge < -0.3 is 19.7 Å². The van der Waals surface area contributed by atoms with E-state index in [2.05, 4.69) is 63.3 Å². The van der Waals surface area contributed by atoms with E-state index in [9.17, 15) is 29.2 Å². The molecule has 1 atom stereocenters. The number of carbonyl (C=O) groups is 4. The van der Waals surface area contributed by atoms with Gasteiger partial charge in [0, 0.05) is 51.4 Å². The quantitative estimate of drug-likeness (QED) is 0.103. The minimum absolute atomic E-state index is 0.0972. The molecule has 310 valence electrons. The summed E-state index contributed by atoms with van der Waals surface area (Å²) < 4.78 is 6.24. The van der Waals surface area contributed by atoms with Crippen molar-refractivity contribution in [2.75, 3.05) is 63.9 Å². The number of allylic oxidation sites excluding steroid dienone is 1. The number of carbonyl (C=O) groups excluding carboxylic acids is 4. The largest absolute Gasteiger partial charge is 0.492 e. The fourth-order valence-corrected chi connectivity index (χ4v) is 9.11. The predicted octanol–water partition coefficient (Wildman–Crippen LogP) is 4.05. The van der Waals surface area contributed by atoms with E-state index in [0.29, 0.717) is 29.1 Å². The van der Waals surface area contributed by atoms with E-state index >= 15 is 0 Å². The van der Waals surface area contributed by atoms with Gasteiger partial charge in [0.1, 0.15) is 18.4 Å². The van der Waals surface area contributed by atoms with Crippen LogP contribution in [0.5, 0.6) is 5.75 Å². The van der Waals surface area contributed by atoms with Gasteiger partial charge in [0.05, 0.1) is 11.1 Å². The van der Waals surface area contributed by atoms with Gasteiger partial charge in [0.15, 0.2) is 0 Å². The Labute approximate surface area is 351 Å². The third kappa shape index (κ3) is 8.95. The van der Waals surface area contributed by atoms with Crippen molar-refractivity contribution in [3.63, 3.8) is 0 Å². The molecule has 0 aromatic heterocycles. The third-order valence-electron chi connectivity index (χ3n) is 12.5. The van der Waals surface area contributed by atoms with Gasteiger partial charge in [-0.2, -0.15) is 0 Å². The Kier molecular flexibility index (Phi) is 12.6. The zero-order valence-corrected chi connectivity index (χ0v) is 34.1. The topological polar surface area (TPSA) is 143 Å². The smallest absolute Gasteiger partial charge is 0.488 e. The number of likely N-dealkylation sites (tertiary alicyclic amines) is 1. The number of fused-ring (bicyclic) bond motifs is 1. The van der Waals surface area contributed by atoms with Crippen LogP contribution >= 0.6 is 0 Å². The van der Waals surface area contributed by atoms with Crippen LogP contribution in [0.15, 0.2) is 97.1 Å². The lowest BCUT2D eigenvalue weighted by Crippen LogP contribution is -2.54. The first-order chi connectivity index (χ1) is 29.2. The minimum atomic E-state index is -1.51. The second kappa shape index (κ2) is 18.3. The van der Waals surface area contributed by atoms with Crippen LogP contribution in [-0.4, -0.2) is 121 Å². The average molecular weight is 810 g/mol. The number of ether oxygens (including phenoxy) is 1. The molecule has 4 heterocycles. The van der Waals surface area contributed by atoms with Gasteiger partial charge >= 0.3 is 7.12 Å². The number of nitrogens with zero attached hydrogens (tertiary/aromatic N) is 4. The number of piperidine rings is 2. The number of imide groups is 2. The van der Waals surface area contributed by atoms with Crippen LogP contribution in [0.3, 0.4) is 0 Å². The molecule has 4 aromatic carbocycles. The molecule has 0 spiro atoms. The van der Waals surface area contributed by atoms with E-state index in [1.807, 2.05) is 36.4 Å². The lowest BCUT2D eigenvalue weighted by molar-refractivity contribution is -0.136. The molecule has 4 aliphatic rings. The SMILES string of the molecule is CC/C(=C(/c1ccc(OCCN2CCC(CN3CCN(c4ccc5c(c4)C(=O)N(C4CCC(=O)NC4=O)C5=O)CC3)CC2)cc1)c1ccc(B(O)O)cc1)c1ccccc1. The molecular weight excluding hydrogens is 757 g/mol. The molecule has 0 radical (unpaired) electrons. The number of hydrogen-bond acceptors (Lipinski definition) is 10. The highest BCUT2D eigenvalue weighted by atomic mass is 16.5. The second-order valence-corrected chi connectivity index (χ2v) is 16.2. The highest BCUT2D eigenvalue weighted by molar-refractivity contribution is 6.58. The molecule has 3 fully saturated rings. The Morgan fingerprint density at radius 2 is 1.40 bits per heavy atom. The van der Waals surface area contributed by atoms with Crippen LogP contribution in [-0.2, 0) is 9.59 Å². The van der Waals surface area contributed by atoms with Gasteiger partial charge in [-0.25, -0.2) is 0 Å². The monoisotopic (exact) mass is 809 g/mol. The van der Waals surface area contributed by atoms with Crippen molar-refractivity contribution < 1.29 is 34.0 Å². The van der Waals surface area contributed by atoms with Crippen molar-refractivity contribution in [3.05, 3.63) is 125 Å². The van der Waals surface area contributed by atoms with Gasteiger partial charge in [0.2, 0.25) is 11.8 Å². The fourth-order valence-electron chi connectivity index (χ4n) is 9.11. The average Bonchev–Trinajstić information content (AvgIpc) is 3.52. The summed E-state index contributed by atoms with van der Waals surface area (Å²) in [7, 11) is -1.51. The molecule has 13 heteroatoms. The standard InChI is InChI=1S/C47H52BN5O7/c1-2-39(33-6-4-3-5-7-33)44(34-8-12-36(13-9-34)48(58)59)35-10-15-38(16-11-35)60-29-28-50-22-20-32(21-23-50)31-51-24-26-52(27-25-51)37-14-17-40-41(30-37)47(57)53(46(40)56)42-18-19-43(54)49-45(42)55/h3-17,30,32,42,58-59H,2,18-29,31H2,1H3,(H,49,54,55)/b44-39-. The molecule has 12 nitrogen and oxygen atoms in total. The summed E-state index contributed by atoms with van der Waals surface area (Å²) in [5, 5.41) is 21.6. The Morgan fingerprint density at radius 3 is 2.05 bits per heavy atom. The van der Waals surface area contributed by atoms with Crippen LogP contribution in [0.4, 0.5) is 5.69 Å². The van der Waals surface area contributed by atoms with Gasteiger partial charge in [-0.15, -0.1) is 0 Å². The van der Waals surface area contributed by atoms with Gasteiger partial charge in [-0.3, -0.25) is 39.2 Å². The number of amides is 4. The number of nitrogens with one attached hydrogen (secondary N) is 1. The summed E-state index contributed by atoms with van der Waals surface area (Å²) in [6, 6.07) is 30.5. The van der Waals surface area contributed by atoms with Crippen molar-refractivity contribution >= 4 is 53.0 Å². The highest BCUT2D eigenvalue weighted by Gasteiger charge is 2.45. The summed E-state index contributed by atoms with van der Waals surface area (Å²) in [6.45, 7) is 10.3. The molecule has 3 saturated heterocycles. The minimum Gasteiger partial charge on any atom is -0.492 e. The maximum atomic E-state index is 13.3. The molecule has 60 heavy (non-hydrogen) atoms. The number of piperazine rings is 1. The third-order valence-corrected chi connectivity index (χ3v) is 12.5. The molecule has 1 unspecified atom stereocenters. The molecule has 4 aliphatic heterocycles. The van der Waals surface area contributed by atoms with Gasteiger partial charge in [-0.05, 0) is 108 Å². The van der Waals surface area contributed by atoms with Crippen molar-refractivity contribution in [3.8, 4) is 5.75 Å². The van der Waals surface area contributed by atoms with Crippen LogP contribution in [0.25, 0.3) is 11.1 Å². The van der Waals surface area contributed by atoms with Gasteiger partial charge in [-0.1, -0.05) is 73.7 Å². The molecule has 3 N–H and O–H groups in total. The summed E-state index contributed by atoms with van der Waals surface area (Å²) in [5.41, 5.74) is 7.53. The van der Waals surface area contributed by atoms with Crippen molar-refractivity contribution in [1.29, 1.82) is 0 Å². The van der Waals surface area contributed by atoms with Crippen molar-refractivity contribution in [2.45, 2.75) is 45.1 Å². The first-order valence-corrected chi connectivity index (χ1v) is 21.2. The fraction of sp³-hybridized carbons (Fsp3) is 0.362. The summed E-state index contributed by atoms with van der Waals surface area (Å²) >= 11 is 0. The Bertz CT molecular complexity index is 2230. The lowest BCUT2D eigenvalue weighted by atomic mass is 9.79. The lowest BCUT2D eigenvalue weighted by Gasteiger charge is -2.39. The Balaban J connectivity index is 0.793. The summed E-state index contributed by atoms with van der Waals surface area (Å²) in [6.07, 6.45) is 3.36. The van der Waals surface area contributed by atoms with Crippen LogP contribution in [0.2, 0.25) is 0 Å². The first-order valence-electron chi connectivity index (χ1n) is 21.2. The number of hydrogen-bond donors (Lipinski definition) is 3.